The lowest BCUT2D eigenvalue weighted by Gasteiger charge is -2.43. The lowest BCUT2D eigenvalue weighted by atomic mass is 9.85. The van der Waals surface area contributed by atoms with E-state index in [1.165, 1.54) is 135 Å². The number of ether oxygens (including phenoxy) is 2. The van der Waals surface area contributed by atoms with Crippen LogP contribution >= 0.6 is 7.82 Å². The summed E-state index contributed by atoms with van der Waals surface area (Å²) >= 11 is 0. The number of hydrogen-bond acceptors (Lipinski definition) is 12. The molecule has 13 nitrogen and oxygen atoms in total. The largest absolute Gasteiger partial charge is 0.472 e. The maximum atomic E-state index is 12.4. The summed E-state index contributed by atoms with van der Waals surface area (Å²) in [7, 11) is -5.07. The maximum Gasteiger partial charge on any atom is 0.472 e. The molecule has 0 radical (unpaired) electrons. The molecule has 1 aliphatic carbocycles. The van der Waals surface area contributed by atoms with Crippen molar-refractivity contribution in [1.29, 1.82) is 0 Å². The molecule has 8 atom stereocenters. The summed E-state index contributed by atoms with van der Waals surface area (Å²) in [5.41, 5.74) is 0. The van der Waals surface area contributed by atoms with E-state index in [1.807, 2.05) is 0 Å². The summed E-state index contributed by atoms with van der Waals surface area (Å²) in [6.45, 7) is 1.93. The Morgan fingerprint density at radius 3 is 1.44 bits per heavy atom. The van der Waals surface area contributed by atoms with Crippen LogP contribution in [0.2, 0.25) is 0 Å². The van der Waals surface area contributed by atoms with Gasteiger partial charge in [0.25, 0.3) is 0 Å². The molecule has 1 fully saturated rings. The van der Waals surface area contributed by atoms with Gasteiger partial charge in [-0.3, -0.25) is 18.6 Å². The second-order valence-corrected chi connectivity index (χ2v) is 16.7. The summed E-state index contributed by atoms with van der Waals surface area (Å²) in [5, 5.41) is 50.2. The summed E-state index contributed by atoms with van der Waals surface area (Å²) in [6, 6.07) is 0. The molecule has 0 aliphatic heterocycles. The number of esters is 2. The van der Waals surface area contributed by atoms with Gasteiger partial charge in [0.2, 0.25) is 0 Å². The average Bonchev–Trinajstić information content (AvgIpc) is 3.15. The number of phosphoric acid groups is 1. The smallest absolute Gasteiger partial charge is 0.463 e. The Bertz CT molecular complexity index is 1040. The highest BCUT2D eigenvalue weighted by Crippen LogP contribution is 2.47. The van der Waals surface area contributed by atoms with Gasteiger partial charge in [-0.05, 0) is 32.1 Å². The summed E-state index contributed by atoms with van der Waals surface area (Å²) in [4.78, 5) is 33.5. The van der Waals surface area contributed by atoms with Gasteiger partial charge in [-0.2, -0.15) is 0 Å². The Labute approximate surface area is 331 Å². The fraction of sp³-hybridized carbons (Fsp3) is 0.902. The van der Waals surface area contributed by atoms with Crippen LogP contribution in [0.1, 0.15) is 181 Å². The third-order valence-corrected chi connectivity index (χ3v) is 11.1. The number of unbranched alkanes of at least 4 members (excludes halogenated alkanes) is 23. The Balaban J connectivity index is 1.95. The predicted molar refractivity (Wildman–Crippen MR) is 212 cm³/mol. The minimum absolute atomic E-state index is 0.180. The van der Waals surface area contributed by atoms with Crippen molar-refractivity contribution in [3.05, 3.63) is 12.2 Å². The number of aliphatic hydroxyl groups is 5. The molecule has 0 amide bonds. The second kappa shape index (κ2) is 32.5. The first-order valence-electron chi connectivity index (χ1n) is 21.4. The molecule has 0 aromatic heterocycles. The molecule has 0 bridgehead atoms. The molecule has 1 saturated carbocycles. The molecule has 14 heteroatoms. The molecule has 55 heavy (non-hydrogen) atoms. The topological polar surface area (TPSA) is 210 Å². The number of hydrogen-bond donors (Lipinski definition) is 6. The molecule has 0 aromatic rings. The normalized spacial score (nSPS) is 23.1. The van der Waals surface area contributed by atoms with Crippen LogP contribution in [0, 0.1) is 0 Å². The predicted octanol–water partition coefficient (Wildman–Crippen LogP) is 7.50. The number of aliphatic hydroxyl groups excluding tert-OH is 5. The van der Waals surface area contributed by atoms with Crippen molar-refractivity contribution >= 4 is 19.8 Å². The quantitative estimate of drug-likeness (QED) is 0.0159. The first-order chi connectivity index (χ1) is 26.4. The zero-order valence-corrected chi connectivity index (χ0v) is 34.9. The monoisotopic (exact) mass is 809 g/mol. The van der Waals surface area contributed by atoms with E-state index in [0.29, 0.717) is 6.42 Å². The highest BCUT2D eigenvalue weighted by atomic mass is 31.2. The van der Waals surface area contributed by atoms with Gasteiger partial charge < -0.3 is 39.9 Å². The van der Waals surface area contributed by atoms with Gasteiger partial charge >= 0.3 is 19.8 Å². The van der Waals surface area contributed by atoms with Crippen molar-refractivity contribution in [3.8, 4) is 0 Å². The van der Waals surface area contributed by atoms with Crippen molar-refractivity contribution in [1.82, 2.24) is 0 Å². The van der Waals surface area contributed by atoms with Crippen LogP contribution in [0.5, 0.6) is 0 Å². The average molecular weight is 809 g/mol. The first kappa shape index (κ1) is 51.6. The molecular formula is C41H77O13P. The van der Waals surface area contributed by atoms with E-state index in [1.54, 1.807) is 0 Å². The van der Waals surface area contributed by atoms with E-state index < -0.39 is 75.7 Å². The number of rotatable bonds is 35. The molecule has 0 aromatic carbocycles. The van der Waals surface area contributed by atoms with Crippen molar-refractivity contribution in [2.75, 3.05) is 13.2 Å². The van der Waals surface area contributed by atoms with Crippen LogP contribution in [-0.4, -0.2) is 98.3 Å². The molecular weight excluding hydrogens is 731 g/mol. The molecule has 1 rings (SSSR count). The van der Waals surface area contributed by atoms with Crippen molar-refractivity contribution in [2.24, 2.45) is 0 Å². The van der Waals surface area contributed by atoms with E-state index in [2.05, 4.69) is 19.1 Å². The van der Waals surface area contributed by atoms with Gasteiger partial charge in [0.15, 0.2) is 6.10 Å². The maximum absolute atomic E-state index is 12.4. The number of allylic oxidation sites excluding steroid dienone is 2. The minimum atomic E-state index is -5.07. The fourth-order valence-electron chi connectivity index (χ4n) is 6.77. The second-order valence-electron chi connectivity index (χ2n) is 15.3. The van der Waals surface area contributed by atoms with E-state index in [4.69, 9.17) is 18.5 Å². The number of carbonyl (C=O) groups is 2. The zero-order chi connectivity index (χ0) is 40.7. The zero-order valence-electron chi connectivity index (χ0n) is 34.0. The highest BCUT2D eigenvalue weighted by Gasteiger charge is 2.53. The summed E-state index contributed by atoms with van der Waals surface area (Å²) in [5.74, 6) is -1.47. The van der Waals surface area contributed by atoms with Gasteiger partial charge in [0.05, 0.1) is 6.61 Å². The van der Waals surface area contributed by atoms with Crippen molar-refractivity contribution in [2.45, 2.75) is 224 Å². The van der Waals surface area contributed by atoms with Crippen LogP contribution in [-0.2, 0) is 32.7 Å². The van der Waals surface area contributed by atoms with E-state index in [9.17, 15) is 44.6 Å². The molecule has 0 saturated heterocycles. The Kier molecular flexibility index (Phi) is 30.5. The lowest BCUT2D eigenvalue weighted by Crippen LogP contribution is -2.65. The lowest BCUT2D eigenvalue weighted by molar-refractivity contribution is -0.230. The standard InChI is InChI=1S/C41H77O13P/c1-3-4-5-6-7-8-9-10-11-12-13-14-15-16-17-18-19-20-21-22-23-24-25-26-27-28-29-30-35(44)51-31-34(43)32-52-55(49,50)54-41-39(48)37(46)36(45)38(47)40(41)53-33(2)42/h10-11,34,36-41,43,45-48H,3-9,12-32H2,1-2H3,(H,49,50)/b11-10+/t34-,36-,37?,38?,39?,40?,41-/m0/s1. The van der Waals surface area contributed by atoms with Gasteiger partial charge in [-0.15, -0.1) is 0 Å². The van der Waals surface area contributed by atoms with E-state index in [-0.39, 0.29) is 6.42 Å². The highest BCUT2D eigenvalue weighted by molar-refractivity contribution is 7.47. The van der Waals surface area contributed by atoms with Gasteiger partial charge in [0.1, 0.15) is 43.2 Å². The van der Waals surface area contributed by atoms with Gasteiger partial charge in [0, 0.05) is 13.3 Å². The minimum Gasteiger partial charge on any atom is -0.463 e. The van der Waals surface area contributed by atoms with Gasteiger partial charge in [-0.1, -0.05) is 147 Å². The Hall–Kier alpha value is -1.41. The van der Waals surface area contributed by atoms with Gasteiger partial charge in [-0.25, -0.2) is 4.57 Å². The third kappa shape index (κ3) is 26.3. The van der Waals surface area contributed by atoms with Crippen LogP contribution in [0.4, 0.5) is 0 Å². The van der Waals surface area contributed by atoms with Crippen LogP contribution in [0.15, 0.2) is 12.2 Å². The first-order valence-corrected chi connectivity index (χ1v) is 22.9. The Morgan fingerprint density at radius 1 is 0.600 bits per heavy atom. The molecule has 0 spiro atoms. The fourth-order valence-corrected chi connectivity index (χ4v) is 7.74. The molecule has 0 heterocycles. The van der Waals surface area contributed by atoms with Crippen LogP contribution in [0.25, 0.3) is 0 Å². The molecule has 324 valence electrons. The summed E-state index contributed by atoms with van der Waals surface area (Å²) in [6.07, 6.45) is 23.5. The molecule has 6 N–H and O–H groups in total. The van der Waals surface area contributed by atoms with Crippen LogP contribution in [0.3, 0.4) is 0 Å². The molecule has 1 aliphatic rings. The number of carbonyl (C=O) groups excluding carboxylic acids is 2. The van der Waals surface area contributed by atoms with Crippen LogP contribution < -0.4 is 0 Å². The van der Waals surface area contributed by atoms with Crippen molar-refractivity contribution in [3.63, 3.8) is 0 Å². The third-order valence-electron chi connectivity index (χ3n) is 10.1. The van der Waals surface area contributed by atoms with Crippen molar-refractivity contribution < 1.29 is 63.1 Å². The SMILES string of the molecule is CCCCCCCC/C=C/CCCCCCCCCCCCCCCCCCCC(=O)OC[C@H](O)COP(=O)(O)O[C@H]1C(O)C(O)[C@H](O)C(O)C1OC(C)=O. The van der Waals surface area contributed by atoms with E-state index >= 15 is 0 Å². The number of phosphoric ester groups is 1. The molecule has 5 unspecified atom stereocenters. The Morgan fingerprint density at radius 2 is 1.00 bits per heavy atom. The van der Waals surface area contributed by atoms with E-state index in [0.717, 1.165) is 26.2 Å². The summed E-state index contributed by atoms with van der Waals surface area (Å²) < 4.78 is 31.8.